The Balaban J connectivity index is 1.56. The summed E-state index contributed by atoms with van der Waals surface area (Å²) in [6.45, 7) is -0.989. The summed E-state index contributed by atoms with van der Waals surface area (Å²) >= 11 is 0. The highest BCUT2D eigenvalue weighted by molar-refractivity contribution is 5.90. The molecule has 0 amide bonds. The number of esters is 1. The van der Waals surface area contributed by atoms with Crippen LogP contribution in [-0.2, 0) is 38.1 Å². The number of rotatable bonds is 10. The van der Waals surface area contributed by atoms with Crippen LogP contribution in [0.1, 0.15) is 23.7 Å². The molecule has 0 saturated carbocycles. The minimum absolute atomic E-state index is 0.0579. The Labute approximate surface area is 279 Å². The molecule has 50 heavy (non-hydrogen) atoms. The van der Waals surface area contributed by atoms with E-state index in [1.807, 2.05) is 0 Å². The van der Waals surface area contributed by atoms with Crippen molar-refractivity contribution in [1.82, 2.24) is 0 Å². The number of carboxylic acids is 2. The summed E-state index contributed by atoms with van der Waals surface area (Å²) in [5.74, 6) is -7.15. The Morgan fingerprint density at radius 2 is 1.50 bits per heavy atom. The summed E-state index contributed by atoms with van der Waals surface area (Å²) in [5, 5.41) is 112. The maximum Gasteiger partial charge on any atom is 0.335 e. The quantitative estimate of drug-likeness (QED) is 0.0703. The standard InChI is InChI=1S/C30H32O20/c31-8-17-25(48-19(38)7-18(36)37)23(42)27(50-29-22(41)20(39)21(40)26(49-29)28(43)44)30(47-17)46-16-6-11-13(34)4-10(32)5-15(11)45-24(16)9-1-2-12(33)14(35)3-9/h1-6,17,20-27,29-35,39-42H,7-8H2,(H,36,37)(H,43,44). The number of carbonyl (C=O) groups is 3. The number of hydrogen-bond acceptors (Lipinski definition) is 18. The van der Waals surface area contributed by atoms with E-state index >= 15 is 0 Å². The van der Waals surface area contributed by atoms with Crippen LogP contribution in [0.2, 0.25) is 0 Å². The zero-order chi connectivity index (χ0) is 36.6. The van der Waals surface area contributed by atoms with E-state index in [9.17, 15) is 65.4 Å². The molecule has 20 heteroatoms. The van der Waals surface area contributed by atoms with E-state index in [4.69, 9.17) is 33.5 Å². The van der Waals surface area contributed by atoms with Crippen molar-refractivity contribution in [3.05, 3.63) is 47.2 Å². The number of aliphatic hydroxyl groups excluding tert-OH is 5. The second kappa shape index (κ2) is 14.5. The Morgan fingerprint density at radius 3 is 2.14 bits per heavy atom. The summed E-state index contributed by atoms with van der Waals surface area (Å²) in [4.78, 5) is 35.1. The van der Waals surface area contributed by atoms with Gasteiger partial charge in [-0.05, 0) is 18.2 Å². The summed E-state index contributed by atoms with van der Waals surface area (Å²) < 4.78 is 33.7. The van der Waals surface area contributed by atoms with Crippen LogP contribution in [0, 0.1) is 0 Å². The number of phenols is 4. The maximum atomic E-state index is 12.3. The molecule has 0 bridgehead atoms. The van der Waals surface area contributed by atoms with Gasteiger partial charge < -0.3 is 84.6 Å². The predicted octanol–water partition coefficient (Wildman–Crippen LogP) is -2.26. The Hall–Kier alpha value is -4.93. The van der Waals surface area contributed by atoms with Gasteiger partial charge in [-0.3, -0.25) is 9.59 Å². The first-order valence-corrected chi connectivity index (χ1v) is 14.7. The van der Waals surface area contributed by atoms with Gasteiger partial charge in [0.1, 0.15) is 59.9 Å². The van der Waals surface area contributed by atoms with Crippen LogP contribution >= 0.6 is 0 Å². The molecule has 11 unspecified atom stereocenters. The second-order valence-corrected chi connectivity index (χ2v) is 11.4. The lowest BCUT2D eigenvalue weighted by atomic mass is 9.96. The van der Waals surface area contributed by atoms with Crippen molar-refractivity contribution in [2.24, 2.45) is 0 Å². The van der Waals surface area contributed by atoms with Crippen molar-refractivity contribution in [3.8, 4) is 28.7 Å². The maximum absolute atomic E-state index is 12.3. The number of fused-ring (bicyclic) bond motifs is 1. The smallest absolute Gasteiger partial charge is 0.335 e. The van der Waals surface area contributed by atoms with Crippen LogP contribution in [0.25, 0.3) is 6.08 Å². The van der Waals surface area contributed by atoms with Crippen molar-refractivity contribution in [2.45, 2.75) is 73.9 Å². The van der Waals surface area contributed by atoms with Crippen molar-refractivity contribution in [2.75, 3.05) is 6.61 Å². The van der Waals surface area contributed by atoms with Crippen molar-refractivity contribution in [3.63, 3.8) is 0 Å². The van der Waals surface area contributed by atoms with Crippen LogP contribution in [0.3, 0.4) is 0 Å². The molecular formula is C30H32O20. The van der Waals surface area contributed by atoms with Gasteiger partial charge in [0.25, 0.3) is 0 Å². The Kier molecular flexibility index (Phi) is 10.5. The first-order valence-electron chi connectivity index (χ1n) is 14.7. The molecule has 20 nitrogen and oxygen atoms in total. The predicted molar refractivity (Wildman–Crippen MR) is 155 cm³/mol. The van der Waals surface area contributed by atoms with Gasteiger partial charge in [0.05, 0.1) is 12.2 Å². The molecule has 3 heterocycles. The lowest BCUT2D eigenvalue weighted by molar-refractivity contribution is -0.360. The molecule has 2 saturated heterocycles. The summed E-state index contributed by atoms with van der Waals surface area (Å²) in [6, 6.07) is 5.59. The molecule has 0 spiro atoms. The minimum Gasteiger partial charge on any atom is -0.508 e. The first kappa shape index (κ1) is 36.4. The monoisotopic (exact) mass is 712 g/mol. The van der Waals surface area contributed by atoms with E-state index in [0.29, 0.717) is 0 Å². The molecule has 2 aromatic carbocycles. The molecule has 2 fully saturated rings. The number of aliphatic hydroxyl groups is 5. The summed E-state index contributed by atoms with van der Waals surface area (Å²) in [6.07, 6.45) is -21.9. The van der Waals surface area contributed by atoms with E-state index in [1.54, 1.807) is 0 Å². The SMILES string of the molecule is O=C(O)CC(=O)OC1C(CO)OC(OC2=Cc3c(O)cc(O)cc3OC2c2ccc(O)c(O)c2)C(OC2OC(C(=O)O)C(O)C(O)C2O)C1O. The van der Waals surface area contributed by atoms with Gasteiger partial charge >= 0.3 is 17.9 Å². The zero-order valence-corrected chi connectivity index (χ0v) is 25.3. The van der Waals surface area contributed by atoms with Crippen molar-refractivity contribution < 1.29 is 99.0 Å². The van der Waals surface area contributed by atoms with Crippen molar-refractivity contribution in [1.29, 1.82) is 0 Å². The second-order valence-electron chi connectivity index (χ2n) is 11.4. The molecule has 3 aliphatic heterocycles. The van der Waals surface area contributed by atoms with E-state index in [-0.39, 0.29) is 22.6 Å². The highest BCUT2D eigenvalue weighted by atomic mass is 16.8. The molecule has 0 aliphatic carbocycles. The molecular weight excluding hydrogens is 680 g/mol. The van der Waals surface area contributed by atoms with Crippen molar-refractivity contribution >= 4 is 24.0 Å². The van der Waals surface area contributed by atoms with Crippen LogP contribution in [0.4, 0.5) is 0 Å². The number of carboxylic acid groups (broad SMARTS) is 2. The highest BCUT2D eigenvalue weighted by Crippen LogP contribution is 2.46. The lowest BCUT2D eigenvalue weighted by Gasteiger charge is -2.46. The highest BCUT2D eigenvalue weighted by Gasteiger charge is 2.54. The fourth-order valence-electron chi connectivity index (χ4n) is 5.47. The van der Waals surface area contributed by atoms with Gasteiger partial charge in [0.15, 0.2) is 42.2 Å². The number of benzene rings is 2. The third kappa shape index (κ3) is 7.32. The van der Waals surface area contributed by atoms with Crippen LogP contribution in [0.15, 0.2) is 36.1 Å². The topological polar surface area (TPSA) is 329 Å². The van der Waals surface area contributed by atoms with Crippen LogP contribution in [0.5, 0.6) is 28.7 Å². The average molecular weight is 713 g/mol. The largest absolute Gasteiger partial charge is 0.508 e. The minimum atomic E-state index is -2.17. The van der Waals surface area contributed by atoms with Gasteiger partial charge in [-0.2, -0.15) is 0 Å². The fraction of sp³-hybridized carbons (Fsp3) is 0.433. The zero-order valence-electron chi connectivity index (χ0n) is 25.3. The van der Waals surface area contributed by atoms with Gasteiger partial charge in [-0.15, -0.1) is 0 Å². The number of ether oxygens (including phenoxy) is 6. The van der Waals surface area contributed by atoms with E-state index in [1.165, 1.54) is 12.1 Å². The fourth-order valence-corrected chi connectivity index (χ4v) is 5.47. The molecule has 2 aromatic rings. The third-order valence-electron chi connectivity index (χ3n) is 7.91. The summed E-state index contributed by atoms with van der Waals surface area (Å²) in [5.41, 5.74) is 0.0398. The molecule has 5 rings (SSSR count). The van der Waals surface area contributed by atoms with Gasteiger partial charge in [0.2, 0.25) is 6.29 Å². The molecule has 11 N–H and O–H groups in total. The van der Waals surface area contributed by atoms with Gasteiger partial charge in [-0.1, -0.05) is 6.07 Å². The van der Waals surface area contributed by atoms with Crippen LogP contribution in [-0.4, -0.2) is 142 Å². The Morgan fingerprint density at radius 1 is 0.780 bits per heavy atom. The normalized spacial score (nSPS) is 32.2. The summed E-state index contributed by atoms with van der Waals surface area (Å²) in [7, 11) is 0. The Bertz CT molecular complexity index is 1640. The van der Waals surface area contributed by atoms with E-state index < -0.39 is 121 Å². The van der Waals surface area contributed by atoms with Gasteiger partial charge in [-0.25, -0.2) is 4.79 Å². The number of carbonyl (C=O) groups excluding carboxylic acids is 1. The van der Waals surface area contributed by atoms with E-state index in [0.717, 1.165) is 24.3 Å². The average Bonchev–Trinajstić information content (AvgIpc) is 3.04. The molecule has 0 radical (unpaired) electrons. The number of phenolic OH excluding ortho intramolecular Hbond substituents is 4. The van der Waals surface area contributed by atoms with Crippen LogP contribution < -0.4 is 4.74 Å². The molecule has 11 atom stereocenters. The number of aliphatic carboxylic acids is 2. The number of hydrogen-bond donors (Lipinski definition) is 11. The first-order chi connectivity index (χ1) is 23.6. The van der Waals surface area contributed by atoms with Gasteiger partial charge in [0, 0.05) is 17.7 Å². The molecule has 3 aliphatic rings. The lowest BCUT2D eigenvalue weighted by Crippen LogP contribution is -2.65. The van der Waals surface area contributed by atoms with E-state index in [2.05, 4.69) is 0 Å². The number of aromatic hydroxyl groups is 4. The molecule has 272 valence electrons. The third-order valence-corrected chi connectivity index (χ3v) is 7.91. The molecule has 0 aromatic heterocycles.